The van der Waals surface area contributed by atoms with Gasteiger partial charge in [-0.25, -0.2) is 13.9 Å². The van der Waals surface area contributed by atoms with Gasteiger partial charge in [-0.15, -0.1) is 0 Å². The van der Waals surface area contributed by atoms with E-state index in [4.69, 9.17) is 29.8 Å². The number of hydrogen-bond acceptors (Lipinski definition) is 10. The van der Waals surface area contributed by atoms with Crippen molar-refractivity contribution in [1.29, 1.82) is 0 Å². The van der Waals surface area contributed by atoms with Crippen LogP contribution in [0.5, 0.6) is 0 Å². The number of aliphatic hydroxyl groups excluding tert-OH is 5. The predicted octanol–water partition coefficient (Wildman–Crippen LogP) is -4.51. The molecule has 0 aromatic heterocycles. The summed E-state index contributed by atoms with van der Waals surface area (Å²) >= 11 is 0. The summed E-state index contributed by atoms with van der Waals surface area (Å²) in [7, 11) is -10.6. The maximum atomic E-state index is 11.0. The molecule has 0 aliphatic rings. The van der Waals surface area contributed by atoms with Crippen LogP contribution in [0.2, 0.25) is 0 Å². The first kappa shape index (κ1) is 21.5. The first-order valence-corrected chi connectivity index (χ1v) is 8.15. The van der Waals surface area contributed by atoms with Crippen molar-refractivity contribution in [3.63, 3.8) is 0 Å². The number of aliphatic hydroxyl groups is 5. The summed E-state index contributed by atoms with van der Waals surface area (Å²) in [6.07, 6.45) is -13.4. The van der Waals surface area contributed by atoms with Gasteiger partial charge in [-0.1, -0.05) is 0 Å². The Kier molecular flexibility index (Phi) is 7.71. The van der Waals surface area contributed by atoms with E-state index in [1.165, 1.54) is 0 Å². The molecule has 0 saturated carbocycles. The summed E-state index contributed by atoms with van der Waals surface area (Å²) in [4.78, 5) is 44.3. The SMILES string of the molecule is O=C(OP(=O)(O)O)[C@@H](O)[C@@H](O)[C@@H](O)[C@H](O)C(O)OP(=O)(O)O. The van der Waals surface area contributed by atoms with Crippen LogP contribution in [0.15, 0.2) is 0 Å². The number of carbonyl (C=O) groups is 1. The summed E-state index contributed by atoms with van der Waals surface area (Å²) in [6, 6.07) is 0. The van der Waals surface area contributed by atoms with Gasteiger partial charge in [-0.2, -0.15) is 0 Å². The van der Waals surface area contributed by atoms with Crippen molar-refractivity contribution in [2.24, 2.45) is 0 Å². The molecule has 22 heavy (non-hydrogen) atoms. The van der Waals surface area contributed by atoms with Crippen LogP contribution in [0.3, 0.4) is 0 Å². The van der Waals surface area contributed by atoms with E-state index in [9.17, 15) is 29.2 Å². The highest BCUT2D eigenvalue weighted by molar-refractivity contribution is 7.47. The quantitative estimate of drug-likeness (QED) is 0.144. The topological polar surface area (TPSA) is 252 Å². The van der Waals surface area contributed by atoms with Gasteiger partial charge in [0.25, 0.3) is 0 Å². The van der Waals surface area contributed by atoms with E-state index in [1.54, 1.807) is 0 Å². The average Bonchev–Trinajstić information content (AvgIpc) is 2.30. The lowest BCUT2D eigenvalue weighted by atomic mass is 10.0. The van der Waals surface area contributed by atoms with Crippen molar-refractivity contribution >= 4 is 21.6 Å². The molecule has 0 heterocycles. The van der Waals surface area contributed by atoms with E-state index in [0.29, 0.717) is 0 Å². The van der Waals surface area contributed by atoms with Gasteiger partial charge >= 0.3 is 21.6 Å². The first-order valence-electron chi connectivity index (χ1n) is 5.09. The zero-order chi connectivity index (χ0) is 17.9. The fourth-order valence-electron chi connectivity index (χ4n) is 1.07. The zero-order valence-corrected chi connectivity index (χ0v) is 12.1. The molecular weight excluding hydrogens is 358 g/mol. The summed E-state index contributed by atoms with van der Waals surface area (Å²) in [5.41, 5.74) is 0. The van der Waals surface area contributed by atoms with E-state index in [1.807, 2.05) is 0 Å². The second-order valence-corrected chi connectivity index (χ2v) is 6.16. The standard InChI is InChI=1S/C6H14O14P2/c7-1(3(9)5(11)19-21(13,14)15)2(8)4(10)6(12)20-22(16,17)18/h1-5,7-11H,(H2,13,14,15)(H2,16,17,18)/t1-,2+,3+,4+,5?/m1/s1. The van der Waals surface area contributed by atoms with Crippen molar-refractivity contribution in [1.82, 2.24) is 0 Å². The molecule has 0 aromatic rings. The van der Waals surface area contributed by atoms with E-state index >= 15 is 0 Å². The molecule has 0 spiro atoms. The second-order valence-electron chi connectivity index (χ2n) is 3.80. The molecule has 0 aliphatic carbocycles. The molecule has 0 aromatic carbocycles. The van der Waals surface area contributed by atoms with E-state index in [0.717, 1.165) is 0 Å². The van der Waals surface area contributed by atoms with Gasteiger partial charge < -0.3 is 39.8 Å². The summed E-state index contributed by atoms with van der Waals surface area (Å²) in [6.45, 7) is 0. The van der Waals surface area contributed by atoms with Gasteiger partial charge in [0, 0.05) is 0 Å². The maximum Gasteiger partial charge on any atom is 0.527 e. The molecule has 0 aliphatic heterocycles. The Hall–Kier alpha value is -0.470. The van der Waals surface area contributed by atoms with Crippen molar-refractivity contribution in [3.05, 3.63) is 0 Å². The molecule has 0 fully saturated rings. The van der Waals surface area contributed by atoms with Crippen LogP contribution in [0, 0.1) is 0 Å². The highest BCUT2D eigenvalue weighted by atomic mass is 31.2. The van der Waals surface area contributed by atoms with Crippen molar-refractivity contribution in [2.45, 2.75) is 30.7 Å². The third-order valence-electron chi connectivity index (χ3n) is 2.01. The molecule has 1 unspecified atom stereocenters. The molecular formula is C6H14O14P2. The molecule has 9 N–H and O–H groups in total. The second kappa shape index (κ2) is 7.88. The lowest BCUT2D eigenvalue weighted by Crippen LogP contribution is -2.51. The molecule has 0 bridgehead atoms. The molecule has 5 atom stereocenters. The lowest BCUT2D eigenvalue weighted by molar-refractivity contribution is -0.189. The highest BCUT2D eigenvalue weighted by Crippen LogP contribution is 2.38. The maximum absolute atomic E-state index is 11.0. The van der Waals surface area contributed by atoms with Crippen LogP contribution in [0.25, 0.3) is 0 Å². The Bertz CT molecular complexity index is 466. The van der Waals surface area contributed by atoms with Crippen LogP contribution in [0.1, 0.15) is 0 Å². The molecule has 16 heteroatoms. The Balaban J connectivity index is 4.83. The number of hydrogen-bond donors (Lipinski definition) is 9. The fraction of sp³-hybridized carbons (Fsp3) is 0.833. The largest absolute Gasteiger partial charge is 0.527 e. The van der Waals surface area contributed by atoms with E-state index in [-0.39, 0.29) is 0 Å². The van der Waals surface area contributed by atoms with Gasteiger partial charge in [0.05, 0.1) is 0 Å². The van der Waals surface area contributed by atoms with E-state index in [2.05, 4.69) is 9.05 Å². The smallest absolute Gasteiger partial charge is 0.387 e. The van der Waals surface area contributed by atoms with Crippen LogP contribution in [0.4, 0.5) is 0 Å². The molecule has 0 amide bonds. The molecule has 0 saturated heterocycles. The van der Waals surface area contributed by atoms with Gasteiger partial charge in [-0.05, 0) is 0 Å². The number of carbonyl (C=O) groups excluding carboxylic acids is 1. The molecule has 0 radical (unpaired) electrons. The lowest BCUT2D eigenvalue weighted by Gasteiger charge is -2.28. The average molecular weight is 372 g/mol. The Labute approximate surface area is 121 Å². The Morgan fingerprint density at radius 2 is 1.23 bits per heavy atom. The Morgan fingerprint density at radius 1 is 0.773 bits per heavy atom. The predicted molar refractivity (Wildman–Crippen MR) is 61.3 cm³/mol. The highest BCUT2D eigenvalue weighted by Gasteiger charge is 2.41. The minimum atomic E-state index is -5.36. The molecule has 14 nitrogen and oxygen atoms in total. The minimum Gasteiger partial charge on any atom is -0.387 e. The normalized spacial score (nSPS) is 19.9. The van der Waals surface area contributed by atoms with Gasteiger partial charge in [0.2, 0.25) is 0 Å². The monoisotopic (exact) mass is 372 g/mol. The Morgan fingerprint density at radius 3 is 1.59 bits per heavy atom. The minimum absolute atomic E-state index is 2.07. The third-order valence-corrected chi connectivity index (χ3v) is 2.92. The van der Waals surface area contributed by atoms with Crippen molar-refractivity contribution in [2.75, 3.05) is 0 Å². The van der Waals surface area contributed by atoms with Gasteiger partial charge in [0.1, 0.15) is 18.3 Å². The van der Waals surface area contributed by atoms with Crippen LogP contribution >= 0.6 is 15.6 Å². The van der Waals surface area contributed by atoms with Gasteiger partial charge in [-0.3, -0.25) is 14.3 Å². The summed E-state index contributed by atoms with van der Waals surface area (Å²) in [5, 5.41) is 46.0. The van der Waals surface area contributed by atoms with Gasteiger partial charge in [0.15, 0.2) is 12.4 Å². The summed E-state index contributed by atoms with van der Waals surface area (Å²) < 4.78 is 27.7. The first-order chi connectivity index (χ1) is 9.65. The molecule has 0 rings (SSSR count). The van der Waals surface area contributed by atoms with Crippen molar-refractivity contribution < 1.29 is 68.1 Å². The fourth-order valence-corrected chi connectivity index (χ4v) is 1.82. The summed E-state index contributed by atoms with van der Waals surface area (Å²) in [5.74, 6) is -2.07. The number of phosphoric ester groups is 2. The molecule has 132 valence electrons. The van der Waals surface area contributed by atoms with E-state index < -0.39 is 52.3 Å². The van der Waals surface area contributed by atoms with Crippen LogP contribution < -0.4 is 0 Å². The number of rotatable bonds is 8. The van der Waals surface area contributed by atoms with Crippen LogP contribution in [-0.4, -0.2) is 81.8 Å². The third kappa shape index (κ3) is 7.69. The van der Waals surface area contributed by atoms with Crippen molar-refractivity contribution in [3.8, 4) is 0 Å². The number of phosphoric acid groups is 2. The van der Waals surface area contributed by atoms with Crippen LogP contribution in [-0.2, 0) is 23.0 Å². The zero-order valence-electron chi connectivity index (χ0n) is 10.3.